The second-order valence-corrected chi connectivity index (χ2v) is 6.62. The van der Waals surface area contributed by atoms with Gasteiger partial charge in [0, 0.05) is 29.4 Å². The average Bonchev–Trinajstić information content (AvgIpc) is 2.73. The van der Waals surface area contributed by atoms with Gasteiger partial charge in [-0.3, -0.25) is 9.78 Å². The Bertz CT molecular complexity index is 930. The highest BCUT2D eigenvalue weighted by Gasteiger charge is 2.23. The summed E-state index contributed by atoms with van der Waals surface area (Å²) in [5.74, 6) is 0.577. The van der Waals surface area contributed by atoms with Gasteiger partial charge in [0.1, 0.15) is 11.5 Å². The minimum absolute atomic E-state index is 0.167. The van der Waals surface area contributed by atoms with Gasteiger partial charge in [-0.05, 0) is 42.0 Å². The standard InChI is InChI=1S/C22H21ClN2O3/c1-27-18-10-11-21(28-2)20(14-18)25-22(26)19(13-17-5-3-4-12-24-17)15-6-8-16(23)9-7-15/h3-12,14,19H,13H2,1-2H3,(H,25,26). The number of benzene rings is 2. The van der Waals surface area contributed by atoms with Crippen molar-refractivity contribution in [2.45, 2.75) is 12.3 Å². The van der Waals surface area contributed by atoms with Gasteiger partial charge < -0.3 is 14.8 Å². The number of rotatable bonds is 7. The van der Waals surface area contributed by atoms with E-state index in [0.29, 0.717) is 28.6 Å². The van der Waals surface area contributed by atoms with Crippen LogP contribution in [0.5, 0.6) is 11.5 Å². The maximum Gasteiger partial charge on any atom is 0.232 e. The predicted molar refractivity (Wildman–Crippen MR) is 110 cm³/mol. The number of pyridine rings is 1. The highest BCUT2D eigenvalue weighted by Crippen LogP contribution is 2.31. The number of anilines is 1. The SMILES string of the molecule is COc1ccc(OC)c(NC(=O)C(Cc2ccccn2)c2ccc(Cl)cc2)c1. The van der Waals surface area contributed by atoms with Crippen LogP contribution in [0.15, 0.2) is 66.9 Å². The lowest BCUT2D eigenvalue weighted by atomic mass is 9.93. The zero-order valence-electron chi connectivity index (χ0n) is 15.7. The molecule has 5 nitrogen and oxygen atoms in total. The quantitative estimate of drug-likeness (QED) is 0.627. The van der Waals surface area contributed by atoms with Gasteiger partial charge in [0.15, 0.2) is 0 Å². The molecule has 3 rings (SSSR count). The highest BCUT2D eigenvalue weighted by molar-refractivity contribution is 6.30. The molecule has 0 aliphatic rings. The van der Waals surface area contributed by atoms with Gasteiger partial charge in [-0.25, -0.2) is 0 Å². The number of hydrogen-bond acceptors (Lipinski definition) is 4. The summed E-state index contributed by atoms with van der Waals surface area (Å²) in [7, 11) is 3.13. The lowest BCUT2D eigenvalue weighted by molar-refractivity contribution is -0.117. The number of methoxy groups -OCH3 is 2. The van der Waals surface area contributed by atoms with Gasteiger partial charge in [0.05, 0.1) is 25.8 Å². The van der Waals surface area contributed by atoms with Gasteiger partial charge in [-0.2, -0.15) is 0 Å². The Kier molecular flexibility index (Phi) is 6.50. The molecule has 2 aromatic carbocycles. The Hall–Kier alpha value is -3.05. The summed E-state index contributed by atoms with van der Waals surface area (Å²) in [4.78, 5) is 17.6. The third kappa shape index (κ3) is 4.81. The molecule has 0 bridgehead atoms. The van der Waals surface area contributed by atoms with Crippen LogP contribution >= 0.6 is 11.6 Å². The maximum atomic E-state index is 13.2. The topological polar surface area (TPSA) is 60.5 Å². The van der Waals surface area contributed by atoms with E-state index < -0.39 is 5.92 Å². The molecule has 1 aromatic heterocycles. The molecule has 0 aliphatic heterocycles. The minimum atomic E-state index is -0.442. The van der Waals surface area contributed by atoms with Crippen molar-refractivity contribution in [1.82, 2.24) is 4.98 Å². The van der Waals surface area contributed by atoms with E-state index in [-0.39, 0.29) is 5.91 Å². The molecular formula is C22H21ClN2O3. The molecule has 28 heavy (non-hydrogen) atoms. The van der Waals surface area contributed by atoms with Crippen LogP contribution < -0.4 is 14.8 Å². The fourth-order valence-corrected chi connectivity index (χ4v) is 3.04. The number of hydrogen-bond donors (Lipinski definition) is 1. The fraction of sp³-hybridized carbons (Fsp3) is 0.182. The summed E-state index contributed by atoms with van der Waals surface area (Å²) in [6, 6.07) is 18.2. The number of aromatic nitrogens is 1. The molecule has 3 aromatic rings. The minimum Gasteiger partial charge on any atom is -0.497 e. The van der Waals surface area contributed by atoms with Crippen molar-refractivity contribution in [1.29, 1.82) is 0 Å². The van der Waals surface area contributed by atoms with Crippen LogP contribution in [0.25, 0.3) is 0 Å². The molecule has 1 heterocycles. The normalized spacial score (nSPS) is 11.5. The molecule has 0 saturated carbocycles. The molecule has 0 aliphatic carbocycles. The maximum absolute atomic E-state index is 13.2. The molecule has 0 spiro atoms. The van der Waals surface area contributed by atoms with Gasteiger partial charge in [0.25, 0.3) is 0 Å². The Morgan fingerprint density at radius 2 is 1.86 bits per heavy atom. The first-order valence-corrected chi connectivity index (χ1v) is 9.16. The first kappa shape index (κ1) is 19.7. The third-order valence-corrected chi connectivity index (χ3v) is 4.64. The van der Waals surface area contributed by atoms with E-state index in [1.165, 1.54) is 0 Å². The zero-order valence-corrected chi connectivity index (χ0v) is 16.4. The Labute approximate surface area is 169 Å². The van der Waals surface area contributed by atoms with Crippen LogP contribution in [0.1, 0.15) is 17.2 Å². The van der Waals surface area contributed by atoms with E-state index in [4.69, 9.17) is 21.1 Å². The molecule has 0 saturated heterocycles. The van der Waals surface area contributed by atoms with Crippen molar-refractivity contribution in [3.8, 4) is 11.5 Å². The molecule has 144 valence electrons. The van der Waals surface area contributed by atoms with E-state index in [9.17, 15) is 4.79 Å². The van der Waals surface area contributed by atoms with E-state index >= 15 is 0 Å². The van der Waals surface area contributed by atoms with Gasteiger partial charge in [-0.15, -0.1) is 0 Å². The van der Waals surface area contributed by atoms with Crippen LogP contribution in [0, 0.1) is 0 Å². The number of amides is 1. The lowest BCUT2D eigenvalue weighted by Crippen LogP contribution is -2.23. The Morgan fingerprint density at radius 1 is 1.07 bits per heavy atom. The summed E-state index contributed by atoms with van der Waals surface area (Å²) in [5.41, 5.74) is 2.23. The largest absolute Gasteiger partial charge is 0.497 e. The second-order valence-electron chi connectivity index (χ2n) is 6.18. The number of ether oxygens (including phenoxy) is 2. The van der Waals surface area contributed by atoms with Crippen LogP contribution in [-0.2, 0) is 11.2 Å². The van der Waals surface area contributed by atoms with E-state index in [0.717, 1.165) is 11.3 Å². The van der Waals surface area contributed by atoms with Crippen LogP contribution in [-0.4, -0.2) is 25.1 Å². The van der Waals surface area contributed by atoms with Crippen molar-refractivity contribution in [3.05, 3.63) is 83.1 Å². The summed E-state index contributed by atoms with van der Waals surface area (Å²) >= 11 is 6.02. The summed E-state index contributed by atoms with van der Waals surface area (Å²) in [5, 5.41) is 3.59. The van der Waals surface area contributed by atoms with Crippen LogP contribution in [0.3, 0.4) is 0 Å². The van der Waals surface area contributed by atoms with Crippen LogP contribution in [0.2, 0.25) is 5.02 Å². The Morgan fingerprint density at radius 3 is 2.50 bits per heavy atom. The molecule has 1 atom stereocenters. The number of carbonyl (C=O) groups excluding carboxylic acids is 1. The fourth-order valence-electron chi connectivity index (χ4n) is 2.92. The molecule has 1 unspecified atom stereocenters. The summed E-state index contributed by atoms with van der Waals surface area (Å²) in [6.07, 6.45) is 2.18. The van der Waals surface area contributed by atoms with E-state index in [1.807, 2.05) is 30.3 Å². The first-order valence-electron chi connectivity index (χ1n) is 8.79. The number of nitrogens with one attached hydrogen (secondary N) is 1. The zero-order chi connectivity index (χ0) is 19.9. The predicted octanol–water partition coefficient (Wildman–Crippen LogP) is 4.72. The van der Waals surface area contributed by atoms with Gasteiger partial charge >= 0.3 is 0 Å². The van der Waals surface area contributed by atoms with Crippen molar-refractivity contribution in [2.75, 3.05) is 19.5 Å². The number of carbonyl (C=O) groups is 1. The van der Waals surface area contributed by atoms with E-state index in [1.54, 1.807) is 50.7 Å². The molecule has 1 amide bonds. The highest BCUT2D eigenvalue weighted by atomic mass is 35.5. The number of nitrogens with zero attached hydrogens (tertiary/aromatic N) is 1. The van der Waals surface area contributed by atoms with E-state index in [2.05, 4.69) is 10.3 Å². The molecule has 6 heteroatoms. The Balaban J connectivity index is 1.91. The van der Waals surface area contributed by atoms with Gasteiger partial charge in [-0.1, -0.05) is 29.8 Å². The number of halogens is 1. The monoisotopic (exact) mass is 396 g/mol. The lowest BCUT2D eigenvalue weighted by Gasteiger charge is -2.19. The third-order valence-electron chi connectivity index (χ3n) is 4.39. The van der Waals surface area contributed by atoms with Crippen molar-refractivity contribution in [2.24, 2.45) is 0 Å². The van der Waals surface area contributed by atoms with Crippen molar-refractivity contribution < 1.29 is 14.3 Å². The molecule has 0 fully saturated rings. The first-order chi connectivity index (χ1) is 13.6. The van der Waals surface area contributed by atoms with Crippen molar-refractivity contribution in [3.63, 3.8) is 0 Å². The average molecular weight is 397 g/mol. The molecule has 0 radical (unpaired) electrons. The molecule has 1 N–H and O–H groups in total. The van der Waals surface area contributed by atoms with Crippen LogP contribution in [0.4, 0.5) is 5.69 Å². The smallest absolute Gasteiger partial charge is 0.232 e. The van der Waals surface area contributed by atoms with Gasteiger partial charge in [0.2, 0.25) is 5.91 Å². The van der Waals surface area contributed by atoms with Crippen molar-refractivity contribution >= 4 is 23.2 Å². The summed E-state index contributed by atoms with van der Waals surface area (Å²) in [6.45, 7) is 0. The summed E-state index contributed by atoms with van der Waals surface area (Å²) < 4.78 is 10.6. The second kappa shape index (κ2) is 9.24. The molecular weight excluding hydrogens is 376 g/mol.